The van der Waals surface area contributed by atoms with Crippen LogP contribution in [0.15, 0.2) is 36.4 Å². The summed E-state index contributed by atoms with van der Waals surface area (Å²) in [5, 5.41) is 12.2. The van der Waals surface area contributed by atoms with Gasteiger partial charge in [0.25, 0.3) is 11.6 Å². The molecule has 160 valence electrons. The van der Waals surface area contributed by atoms with E-state index in [-0.39, 0.29) is 28.7 Å². The first-order chi connectivity index (χ1) is 13.8. The molecule has 30 heavy (non-hydrogen) atoms. The molecule has 0 radical (unpaired) electrons. The molecule has 1 heterocycles. The number of para-hydroxylation sites is 1. The van der Waals surface area contributed by atoms with Gasteiger partial charge >= 0.3 is 0 Å². The summed E-state index contributed by atoms with van der Waals surface area (Å²) in [4.78, 5) is 32.5. The standard InChI is InChI=1S/C20H21ClN4O3S.ClH/c1-13-6-4-7-17-18(13)22-20(29-17)24(11-5-10-23(2)3)19(26)15-12-14(21)8-9-16(15)25(27)28;/h4,6-9,12H,5,10-11H2,1-3H3;1H. The number of hydrogen-bond acceptors (Lipinski definition) is 6. The van der Waals surface area contributed by atoms with Gasteiger partial charge in [0, 0.05) is 17.6 Å². The lowest BCUT2D eigenvalue weighted by atomic mass is 10.1. The molecular weight excluding hydrogens is 447 g/mol. The maximum absolute atomic E-state index is 13.4. The molecular formula is C20H22Cl2N4O3S. The molecule has 0 fully saturated rings. The lowest BCUT2D eigenvalue weighted by Crippen LogP contribution is -2.33. The van der Waals surface area contributed by atoms with E-state index in [4.69, 9.17) is 11.6 Å². The minimum Gasteiger partial charge on any atom is -0.309 e. The van der Waals surface area contributed by atoms with Crippen molar-refractivity contribution in [3.05, 3.63) is 62.7 Å². The molecule has 3 rings (SSSR count). The lowest BCUT2D eigenvalue weighted by Gasteiger charge is -2.21. The van der Waals surface area contributed by atoms with Crippen LogP contribution in [0.25, 0.3) is 10.2 Å². The Kier molecular flexibility index (Phi) is 8.14. The van der Waals surface area contributed by atoms with Crippen molar-refractivity contribution < 1.29 is 9.72 Å². The average Bonchev–Trinajstić information content (AvgIpc) is 3.09. The Balaban J connectivity index is 0.00000320. The second-order valence-corrected chi connectivity index (χ2v) is 8.40. The Hall–Kier alpha value is -2.26. The van der Waals surface area contributed by atoms with Gasteiger partial charge in [-0.25, -0.2) is 4.98 Å². The SMILES string of the molecule is Cc1cccc2sc(N(CCCN(C)C)C(=O)c3cc(Cl)ccc3[N+](=O)[O-])nc12.Cl. The zero-order valence-corrected chi connectivity index (χ0v) is 19.2. The van der Waals surface area contributed by atoms with Crippen LogP contribution >= 0.6 is 35.3 Å². The third kappa shape index (κ3) is 5.26. The van der Waals surface area contributed by atoms with Crippen molar-refractivity contribution in [2.24, 2.45) is 0 Å². The highest BCUT2D eigenvalue weighted by Gasteiger charge is 2.28. The number of anilines is 1. The summed E-state index contributed by atoms with van der Waals surface area (Å²) in [6, 6.07) is 9.88. The number of hydrogen-bond donors (Lipinski definition) is 0. The first kappa shape index (κ1) is 24.0. The van der Waals surface area contributed by atoms with E-state index in [9.17, 15) is 14.9 Å². The number of aromatic nitrogens is 1. The van der Waals surface area contributed by atoms with Gasteiger partial charge in [-0.15, -0.1) is 12.4 Å². The molecule has 0 bridgehead atoms. The van der Waals surface area contributed by atoms with Crippen LogP contribution in [0, 0.1) is 17.0 Å². The predicted molar refractivity (Wildman–Crippen MR) is 125 cm³/mol. The topological polar surface area (TPSA) is 79.6 Å². The molecule has 0 aliphatic carbocycles. The van der Waals surface area contributed by atoms with Gasteiger partial charge in [0.05, 0.1) is 15.1 Å². The molecule has 0 spiro atoms. The number of thiazole rings is 1. The summed E-state index contributed by atoms with van der Waals surface area (Å²) in [6.07, 6.45) is 0.696. The van der Waals surface area contributed by atoms with Gasteiger partial charge in [0.2, 0.25) is 0 Å². The fraction of sp³-hybridized carbons (Fsp3) is 0.300. The zero-order chi connectivity index (χ0) is 21.1. The normalized spacial score (nSPS) is 10.8. The van der Waals surface area contributed by atoms with Crippen molar-refractivity contribution in [1.29, 1.82) is 0 Å². The highest BCUT2D eigenvalue weighted by atomic mass is 35.5. The second kappa shape index (κ2) is 10.2. The molecule has 0 aliphatic rings. The molecule has 10 heteroatoms. The minimum atomic E-state index is -0.565. The quantitative estimate of drug-likeness (QED) is 0.352. The number of nitro groups is 1. The average molecular weight is 469 g/mol. The van der Waals surface area contributed by atoms with Crippen LogP contribution in [0.5, 0.6) is 0 Å². The number of fused-ring (bicyclic) bond motifs is 1. The first-order valence-corrected chi connectivity index (χ1v) is 10.2. The van der Waals surface area contributed by atoms with Crippen LogP contribution in [0.2, 0.25) is 5.02 Å². The number of amides is 1. The number of carbonyl (C=O) groups excluding carboxylic acids is 1. The largest absolute Gasteiger partial charge is 0.309 e. The van der Waals surface area contributed by atoms with Crippen LogP contribution in [-0.2, 0) is 0 Å². The fourth-order valence-corrected chi connectivity index (χ4v) is 4.24. The van der Waals surface area contributed by atoms with Crippen molar-refractivity contribution in [2.45, 2.75) is 13.3 Å². The van der Waals surface area contributed by atoms with E-state index >= 15 is 0 Å². The van der Waals surface area contributed by atoms with E-state index in [2.05, 4.69) is 4.98 Å². The van der Waals surface area contributed by atoms with Crippen LogP contribution in [-0.4, -0.2) is 47.9 Å². The maximum Gasteiger partial charge on any atom is 0.282 e. The van der Waals surface area contributed by atoms with E-state index < -0.39 is 10.8 Å². The van der Waals surface area contributed by atoms with Crippen molar-refractivity contribution in [3.63, 3.8) is 0 Å². The second-order valence-electron chi connectivity index (χ2n) is 6.95. The van der Waals surface area contributed by atoms with Gasteiger partial charge in [-0.05, 0) is 57.7 Å². The molecule has 0 N–H and O–H groups in total. The van der Waals surface area contributed by atoms with Gasteiger partial charge in [-0.1, -0.05) is 35.1 Å². The van der Waals surface area contributed by atoms with Gasteiger partial charge in [0.1, 0.15) is 5.56 Å². The number of halogens is 2. The summed E-state index contributed by atoms with van der Waals surface area (Å²) in [5.74, 6) is -0.477. The molecule has 0 unspecified atom stereocenters. The smallest absolute Gasteiger partial charge is 0.282 e. The molecule has 1 aromatic heterocycles. The van der Waals surface area contributed by atoms with Crippen LogP contribution < -0.4 is 4.90 Å². The van der Waals surface area contributed by atoms with E-state index in [0.29, 0.717) is 18.1 Å². The zero-order valence-electron chi connectivity index (χ0n) is 16.8. The summed E-state index contributed by atoms with van der Waals surface area (Å²) < 4.78 is 0.964. The summed E-state index contributed by atoms with van der Waals surface area (Å²) in [7, 11) is 3.91. The summed E-state index contributed by atoms with van der Waals surface area (Å²) >= 11 is 7.43. The van der Waals surface area contributed by atoms with Crippen molar-refractivity contribution in [2.75, 3.05) is 32.1 Å². The van der Waals surface area contributed by atoms with Crippen molar-refractivity contribution in [1.82, 2.24) is 9.88 Å². The molecule has 0 atom stereocenters. The number of carbonyl (C=O) groups is 1. The van der Waals surface area contributed by atoms with E-state index in [1.807, 2.05) is 44.1 Å². The van der Waals surface area contributed by atoms with Crippen molar-refractivity contribution in [3.8, 4) is 0 Å². The monoisotopic (exact) mass is 468 g/mol. The van der Waals surface area contributed by atoms with Crippen LogP contribution in [0.1, 0.15) is 22.3 Å². The Bertz CT molecular complexity index is 1070. The number of rotatable bonds is 7. The van der Waals surface area contributed by atoms with E-state index in [1.165, 1.54) is 34.4 Å². The van der Waals surface area contributed by atoms with Gasteiger partial charge in [0.15, 0.2) is 5.13 Å². The Labute approximate surface area is 189 Å². The van der Waals surface area contributed by atoms with Gasteiger partial charge < -0.3 is 4.90 Å². The van der Waals surface area contributed by atoms with Gasteiger partial charge in [-0.2, -0.15) is 0 Å². The van der Waals surface area contributed by atoms with Crippen LogP contribution in [0.3, 0.4) is 0 Å². The van der Waals surface area contributed by atoms with Crippen molar-refractivity contribution >= 4 is 62.3 Å². The molecule has 3 aromatic rings. The van der Waals surface area contributed by atoms with Crippen LogP contribution in [0.4, 0.5) is 10.8 Å². The Morgan fingerprint density at radius 3 is 2.60 bits per heavy atom. The molecule has 0 aliphatic heterocycles. The first-order valence-electron chi connectivity index (χ1n) is 9.04. The number of aryl methyl sites for hydroxylation is 1. The lowest BCUT2D eigenvalue weighted by molar-refractivity contribution is -0.385. The molecule has 7 nitrogen and oxygen atoms in total. The summed E-state index contributed by atoms with van der Waals surface area (Å²) in [6.45, 7) is 3.12. The predicted octanol–water partition coefficient (Wildman–Crippen LogP) is 5.19. The highest BCUT2D eigenvalue weighted by molar-refractivity contribution is 7.22. The number of benzene rings is 2. The molecule has 0 saturated heterocycles. The Morgan fingerprint density at radius 1 is 1.23 bits per heavy atom. The highest BCUT2D eigenvalue weighted by Crippen LogP contribution is 2.33. The number of nitrogens with zero attached hydrogens (tertiary/aromatic N) is 4. The molecule has 0 saturated carbocycles. The molecule has 1 amide bonds. The summed E-state index contributed by atoms with van der Waals surface area (Å²) in [5.41, 5.74) is 1.54. The maximum atomic E-state index is 13.4. The third-order valence-electron chi connectivity index (χ3n) is 4.46. The van der Waals surface area contributed by atoms with Gasteiger partial charge in [-0.3, -0.25) is 19.8 Å². The number of nitro benzene ring substituents is 1. The Morgan fingerprint density at radius 2 is 1.97 bits per heavy atom. The van der Waals surface area contributed by atoms with E-state index in [0.717, 1.165) is 22.3 Å². The fourth-order valence-electron chi connectivity index (χ4n) is 3.00. The minimum absolute atomic E-state index is 0. The molecule has 2 aromatic carbocycles. The van der Waals surface area contributed by atoms with E-state index in [1.54, 1.807) is 0 Å². The third-order valence-corrected chi connectivity index (χ3v) is 5.74.